The molecule has 3 aromatic carbocycles. The topological polar surface area (TPSA) is 139 Å². The molecule has 12 heteroatoms. The summed E-state index contributed by atoms with van der Waals surface area (Å²) < 4.78 is 24.1. The van der Waals surface area contributed by atoms with Crippen LogP contribution in [0.4, 0.5) is 0 Å². The van der Waals surface area contributed by atoms with Crippen molar-refractivity contribution in [3.8, 4) is 0 Å². The second-order valence-corrected chi connectivity index (χ2v) is 9.32. The fourth-order valence-corrected chi connectivity index (χ4v) is 4.33. The first-order valence-electron chi connectivity index (χ1n) is 12.5. The monoisotopic (exact) mass is 573 g/mol. The summed E-state index contributed by atoms with van der Waals surface area (Å²) in [5.74, 6) is -2.15. The molecule has 5 rings (SSSR count). The second-order valence-electron chi connectivity index (χ2n) is 8.89. The minimum Gasteiger partial charge on any atom is -0.459 e. The molecular formula is C29H23N3O8S. The Morgan fingerprint density at radius 3 is 1.78 bits per heavy atom. The molecule has 208 valence electrons. The van der Waals surface area contributed by atoms with Crippen LogP contribution < -0.4 is 5.69 Å². The van der Waals surface area contributed by atoms with Crippen LogP contribution in [0.15, 0.2) is 102 Å². The van der Waals surface area contributed by atoms with Crippen LogP contribution in [0, 0.1) is 4.64 Å². The fourth-order valence-electron chi connectivity index (χ4n) is 4.20. The van der Waals surface area contributed by atoms with Crippen LogP contribution in [0.25, 0.3) is 0 Å². The zero-order chi connectivity index (χ0) is 28.8. The molecular weight excluding hydrogens is 550 g/mol. The number of esters is 3. The molecule has 1 N–H and O–H groups in total. The summed E-state index contributed by atoms with van der Waals surface area (Å²) in [5.41, 5.74) is -0.0203. The minimum absolute atomic E-state index is 0.0717. The third-order valence-corrected chi connectivity index (χ3v) is 6.37. The number of rotatable bonds is 8. The van der Waals surface area contributed by atoms with Gasteiger partial charge in [-0.25, -0.2) is 19.2 Å². The molecule has 0 aliphatic carbocycles. The van der Waals surface area contributed by atoms with Gasteiger partial charge in [0.15, 0.2) is 18.4 Å². The predicted octanol–water partition coefficient (Wildman–Crippen LogP) is 3.51. The van der Waals surface area contributed by atoms with Crippen molar-refractivity contribution >= 4 is 30.1 Å². The molecule has 41 heavy (non-hydrogen) atoms. The Morgan fingerprint density at radius 1 is 0.780 bits per heavy atom. The van der Waals surface area contributed by atoms with Gasteiger partial charge in [0.05, 0.1) is 22.9 Å². The molecule has 0 amide bonds. The zero-order valence-corrected chi connectivity index (χ0v) is 22.1. The molecule has 0 bridgehead atoms. The maximum Gasteiger partial charge on any atom is 0.345 e. The van der Waals surface area contributed by atoms with Gasteiger partial charge in [-0.15, -0.1) is 0 Å². The lowest BCUT2D eigenvalue weighted by atomic mass is 10.1. The maximum absolute atomic E-state index is 13.1. The molecule has 4 atom stereocenters. The van der Waals surface area contributed by atoms with Crippen molar-refractivity contribution in [1.82, 2.24) is 14.8 Å². The van der Waals surface area contributed by atoms with Gasteiger partial charge in [0, 0.05) is 0 Å². The van der Waals surface area contributed by atoms with E-state index < -0.39 is 54.7 Å². The van der Waals surface area contributed by atoms with E-state index in [-0.39, 0.29) is 15.8 Å². The molecule has 1 aliphatic rings. The lowest BCUT2D eigenvalue weighted by Crippen LogP contribution is -2.43. The van der Waals surface area contributed by atoms with Crippen molar-refractivity contribution < 1.29 is 33.3 Å². The SMILES string of the molecule is O=C(OC[C@@H]1O[C@H](n2ncc(=S)[nH]c2=O)[C@@H](OC(=O)c2ccccc2)[C@H]1OC(=O)c1ccccc1)c1ccccc1. The number of H-pyrrole nitrogens is 1. The Balaban J connectivity index is 1.50. The number of carbonyl (C=O) groups is 3. The minimum atomic E-state index is -1.37. The summed E-state index contributed by atoms with van der Waals surface area (Å²) in [6, 6.07) is 24.5. The third kappa shape index (κ3) is 6.45. The Kier molecular flexibility index (Phi) is 8.42. The molecule has 1 aliphatic heterocycles. The number of hydrogen-bond donors (Lipinski definition) is 1. The van der Waals surface area contributed by atoms with Gasteiger partial charge in [-0.3, -0.25) is 4.98 Å². The van der Waals surface area contributed by atoms with Gasteiger partial charge < -0.3 is 18.9 Å². The Morgan fingerprint density at radius 2 is 1.27 bits per heavy atom. The van der Waals surface area contributed by atoms with Crippen LogP contribution >= 0.6 is 12.2 Å². The van der Waals surface area contributed by atoms with Gasteiger partial charge in [-0.05, 0) is 36.4 Å². The molecule has 1 saturated heterocycles. The van der Waals surface area contributed by atoms with E-state index in [1.165, 1.54) is 6.20 Å². The van der Waals surface area contributed by atoms with E-state index in [2.05, 4.69) is 10.1 Å². The molecule has 0 saturated carbocycles. The Labute approximate surface area is 238 Å². The highest BCUT2D eigenvalue weighted by Crippen LogP contribution is 2.34. The van der Waals surface area contributed by atoms with E-state index in [0.29, 0.717) is 5.56 Å². The van der Waals surface area contributed by atoms with Crippen molar-refractivity contribution in [2.24, 2.45) is 0 Å². The first-order valence-corrected chi connectivity index (χ1v) is 12.9. The molecule has 1 aromatic heterocycles. The van der Waals surface area contributed by atoms with E-state index in [0.717, 1.165) is 4.68 Å². The molecule has 1 fully saturated rings. The van der Waals surface area contributed by atoms with E-state index in [1.54, 1.807) is 91.0 Å². The first kappa shape index (κ1) is 27.6. The zero-order valence-electron chi connectivity index (χ0n) is 21.3. The van der Waals surface area contributed by atoms with Gasteiger partial charge in [0.1, 0.15) is 17.4 Å². The van der Waals surface area contributed by atoms with E-state index in [4.69, 9.17) is 31.2 Å². The van der Waals surface area contributed by atoms with Crippen molar-refractivity contribution in [3.63, 3.8) is 0 Å². The quantitative estimate of drug-likeness (QED) is 0.189. The van der Waals surface area contributed by atoms with Crippen molar-refractivity contribution in [3.05, 3.63) is 129 Å². The molecule has 4 aromatic rings. The van der Waals surface area contributed by atoms with Crippen LogP contribution in [-0.4, -0.2) is 57.6 Å². The molecule has 0 radical (unpaired) electrons. The van der Waals surface area contributed by atoms with Crippen molar-refractivity contribution in [1.29, 1.82) is 0 Å². The number of ether oxygens (including phenoxy) is 4. The van der Waals surface area contributed by atoms with Gasteiger partial charge >= 0.3 is 23.6 Å². The van der Waals surface area contributed by atoms with Gasteiger partial charge in [-0.2, -0.15) is 9.78 Å². The number of nitrogens with zero attached hydrogens (tertiary/aromatic N) is 2. The fraction of sp³-hybridized carbons (Fsp3) is 0.172. The maximum atomic E-state index is 13.1. The Bertz CT molecular complexity index is 1640. The van der Waals surface area contributed by atoms with Crippen LogP contribution in [0.3, 0.4) is 0 Å². The summed E-state index contributed by atoms with van der Waals surface area (Å²) in [7, 11) is 0. The standard InChI is InChI=1S/C29H23N3O8S/c33-26(18-10-4-1-5-11-18)37-17-21-23(39-27(34)19-12-6-2-7-13-19)24(40-28(35)20-14-8-3-9-15-20)25(38-21)32-29(36)31-22(41)16-30-32/h1-16,21,23-25H,17H2,(H,31,36,41)/t21-,23-,24-,25-/m0/s1. The summed E-state index contributed by atoms with van der Waals surface area (Å²) in [6.07, 6.45) is -3.97. The lowest BCUT2D eigenvalue weighted by molar-refractivity contribution is -0.0699. The summed E-state index contributed by atoms with van der Waals surface area (Å²) >= 11 is 4.99. The average Bonchev–Trinajstić information content (AvgIpc) is 3.33. The highest BCUT2D eigenvalue weighted by Gasteiger charge is 2.52. The molecule has 2 heterocycles. The summed E-state index contributed by atoms with van der Waals surface area (Å²) in [5, 5.41) is 4.04. The number of hydrogen-bond acceptors (Lipinski definition) is 10. The van der Waals surface area contributed by atoms with Gasteiger partial charge in [-0.1, -0.05) is 66.8 Å². The molecule has 0 spiro atoms. The third-order valence-electron chi connectivity index (χ3n) is 6.16. The van der Waals surface area contributed by atoms with Crippen LogP contribution in [0.5, 0.6) is 0 Å². The average molecular weight is 574 g/mol. The second kappa shape index (κ2) is 12.5. The van der Waals surface area contributed by atoms with Gasteiger partial charge in [0.2, 0.25) is 0 Å². The largest absolute Gasteiger partial charge is 0.459 e. The van der Waals surface area contributed by atoms with Crippen LogP contribution in [0.2, 0.25) is 0 Å². The summed E-state index contributed by atoms with van der Waals surface area (Å²) in [6.45, 7) is -0.395. The van der Waals surface area contributed by atoms with Crippen molar-refractivity contribution in [2.75, 3.05) is 6.61 Å². The highest BCUT2D eigenvalue weighted by atomic mass is 32.1. The van der Waals surface area contributed by atoms with Crippen molar-refractivity contribution in [2.45, 2.75) is 24.5 Å². The Hall–Kier alpha value is -4.94. The smallest absolute Gasteiger partial charge is 0.345 e. The first-order chi connectivity index (χ1) is 19.9. The summed E-state index contributed by atoms with van der Waals surface area (Å²) in [4.78, 5) is 54.2. The number of nitrogens with one attached hydrogen (secondary N) is 1. The lowest BCUT2D eigenvalue weighted by Gasteiger charge is -2.24. The molecule has 0 unspecified atom stereocenters. The van der Waals surface area contributed by atoms with E-state index >= 15 is 0 Å². The highest BCUT2D eigenvalue weighted by molar-refractivity contribution is 7.71. The van der Waals surface area contributed by atoms with Crippen LogP contribution in [0.1, 0.15) is 37.3 Å². The number of benzene rings is 3. The van der Waals surface area contributed by atoms with Crippen LogP contribution in [-0.2, 0) is 18.9 Å². The van der Waals surface area contributed by atoms with E-state index in [9.17, 15) is 19.2 Å². The normalized spacial score (nSPS) is 19.7. The number of aromatic nitrogens is 3. The van der Waals surface area contributed by atoms with Gasteiger partial charge in [0.25, 0.3) is 0 Å². The molecule has 11 nitrogen and oxygen atoms in total. The number of carbonyl (C=O) groups excluding carboxylic acids is 3. The van der Waals surface area contributed by atoms with E-state index in [1.807, 2.05) is 0 Å². The predicted molar refractivity (Wildman–Crippen MR) is 146 cm³/mol. The number of aromatic amines is 1.